The molecule has 0 aliphatic heterocycles. The Bertz CT molecular complexity index is 295. The van der Waals surface area contributed by atoms with Crippen molar-refractivity contribution < 1.29 is 4.79 Å². The highest BCUT2D eigenvalue weighted by molar-refractivity contribution is 7.10. The van der Waals surface area contributed by atoms with Gasteiger partial charge in [0.1, 0.15) is 0 Å². The van der Waals surface area contributed by atoms with Gasteiger partial charge in [-0.3, -0.25) is 15.2 Å². The zero-order valence-corrected chi connectivity index (χ0v) is 8.52. The van der Waals surface area contributed by atoms with Crippen molar-refractivity contribution in [2.24, 2.45) is 5.73 Å². The van der Waals surface area contributed by atoms with Crippen LogP contribution in [-0.4, -0.2) is 25.0 Å². The van der Waals surface area contributed by atoms with Crippen molar-refractivity contribution in [1.29, 1.82) is 0 Å². The maximum absolute atomic E-state index is 10.8. The number of hydrazine groups is 1. The standard InChI is InChI=1S/C8H13N3OS/c1-11(2)10-4-7-3-6(5-13-7)8(9)12/h3,5,10H,4H2,1-2H3,(H2,9,12). The summed E-state index contributed by atoms with van der Waals surface area (Å²) in [4.78, 5) is 11.8. The van der Waals surface area contributed by atoms with E-state index in [0.717, 1.165) is 11.4 Å². The lowest BCUT2D eigenvalue weighted by molar-refractivity contribution is 0.100. The first kappa shape index (κ1) is 10.2. The van der Waals surface area contributed by atoms with E-state index in [4.69, 9.17) is 5.73 Å². The molecule has 0 aromatic carbocycles. The summed E-state index contributed by atoms with van der Waals surface area (Å²) in [6, 6.07) is 1.81. The molecular weight excluding hydrogens is 186 g/mol. The van der Waals surface area contributed by atoms with Gasteiger partial charge in [-0.25, -0.2) is 0 Å². The van der Waals surface area contributed by atoms with Crippen molar-refractivity contribution in [3.05, 3.63) is 21.9 Å². The first-order valence-electron chi connectivity index (χ1n) is 3.87. The van der Waals surface area contributed by atoms with E-state index in [2.05, 4.69) is 5.43 Å². The monoisotopic (exact) mass is 199 g/mol. The molecule has 0 aliphatic carbocycles. The van der Waals surface area contributed by atoms with E-state index in [-0.39, 0.29) is 5.91 Å². The van der Waals surface area contributed by atoms with Crippen LogP contribution in [0.3, 0.4) is 0 Å². The number of hydrogen-bond donors (Lipinski definition) is 2. The molecule has 1 aromatic heterocycles. The summed E-state index contributed by atoms with van der Waals surface area (Å²) in [5, 5.41) is 3.64. The number of primary amides is 1. The van der Waals surface area contributed by atoms with E-state index in [1.165, 1.54) is 11.3 Å². The molecular formula is C8H13N3OS. The lowest BCUT2D eigenvalue weighted by Gasteiger charge is -2.09. The van der Waals surface area contributed by atoms with E-state index in [1.807, 2.05) is 25.2 Å². The van der Waals surface area contributed by atoms with Crippen molar-refractivity contribution in [3.8, 4) is 0 Å². The van der Waals surface area contributed by atoms with Gasteiger partial charge in [0.25, 0.3) is 0 Å². The lowest BCUT2D eigenvalue weighted by atomic mass is 10.3. The lowest BCUT2D eigenvalue weighted by Crippen LogP contribution is -2.29. The molecule has 3 N–H and O–H groups in total. The topological polar surface area (TPSA) is 58.4 Å². The van der Waals surface area contributed by atoms with Gasteiger partial charge in [0.15, 0.2) is 0 Å². The Morgan fingerprint density at radius 3 is 2.85 bits per heavy atom. The molecule has 0 bridgehead atoms. The molecule has 13 heavy (non-hydrogen) atoms. The highest BCUT2D eigenvalue weighted by atomic mass is 32.1. The highest BCUT2D eigenvalue weighted by Crippen LogP contribution is 2.13. The Morgan fingerprint density at radius 2 is 2.38 bits per heavy atom. The number of carbonyl (C=O) groups excluding carboxylic acids is 1. The third-order valence-corrected chi connectivity index (χ3v) is 2.44. The second kappa shape index (κ2) is 4.36. The number of thiophene rings is 1. The molecule has 1 rings (SSSR count). The molecule has 0 unspecified atom stereocenters. The molecule has 1 aromatic rings. The molecule has 1 amide bonds. The van der Waals surface area contributed by atoms with Gasteiger partial charge in [-0.1, -0.05) is 0 Å². The molecule has 4 nitrogen and oxygen atoms in total. The van der Waals surface area contributed by atoms with Crippen LogP contribution in [0, 0.1) is 0 Å². The second-order valence-electron chi connectivity index (χ2n) is 2.90. The number of hydrogen-bond acceptors (Lipinski definition) is 4. The van der Waals surface area contributed by atoms with Crippen LogP contribution in [0.4, 0.5) is 0 Å². The first-order chi connectivity index (χ1) is 6.09. The summed E-state index contributed by atoms with van der Waals surface area (Å²) in [6.07, 6.45) is 0. The third-order valence-electron chi connectivity index (χ3n) is 1.51. The average Bonchev–Trinajstić information content (AvgIpc) is 2.48. The van der Waals surface area contributed by atoms with Gasteiger partial charge in [0, 0.05) is 30.9 Å². The van der Waals surface area contributed by atoms with Gasteiger partial charge in [0.05, 0.1) is 5.56 Å². The minimum atomic E-state index is -0.368. The molecule has 0 saturated carbocycles. The van der Waals surface area contributed by atoms with Crippen LogP contribution in [0.15, 0.2) is 11.4 Å². The van der Waals surface area contributed by atoms with Crippen molar-refractivity contribution in [2.75, 3.05) is 14.1 Å². The first-order valence-corrected chi connectivity index (χ1v) is 4.75. The van der Waals surface area contributed by atoms with Crippen LogP contribution in [0.5, 0.6) is 0 Å². The summed E-state index contributed by atoms with van der Waals surface area (Å²) in [5.41, 5.74) is 8.81. The number of nitrogens with two attached hydrogens (primary N) is 1. The van der Waals surface area contributed by atoms with E-state index < -0.39 is 0 Å². The minimum Gasteiger partial charge on any atom is -0.366 e. The molecule has 72 valence electrons. The summed E-state index contributed by atoms with van der Waals surface area (Å²) in [6.45, 7) is 0.727. The van der Waals surface area contributed by atoms with E-state index in [1.54, 1.807) is 5.38 Å². The molecule has 0 spiro atoms. The number of rotatable bonds is 4. The normalized spacial score (nSPS) is 10.7. The molecule has 0 fully saturated rings. The average molecular weight is 199 g/mol. The van der Waals surface area contributed by atoms with Crippen LogP contribution in [-0.2, 0) is 6.54 Å². The number of nitrogens with one attached hydrogen (secondary N) is 1. The van der Waals surface area contributed by atoms with Crippen molar-refractivity contribution in [1.82, 2.24) is 10.4 Å². The summed E-state index contributed by atoms with van der Waals surface area (Å²) >= 11 is 1.53. The zero-order valence-electron chi connectivity index (χ0n) is 7.70. The molecule has 0 saturated heterocycles. The predicted octanol–water partition coefficient (Wildman–Crippen LogP) is 0.413. The van der Waals surface area contributed by atoms with Crippen LogP contribution in [0.2, 0.25) is 0 Å². The molecule has 0 atom stereocenters. The van der Waals surface area contributed by atoms with Gasteiger partial charge in [0.2, 0.25) is 5.91 Å². The van der Waals surface area contributed by atoms with Crippen molar-refractivity contribution >= 4 is 17.2 Å². The summed E-state index contributed by atoms with van der Waals surface area (Å²) in [5.74, 6) is -0.368. The van der Waals surface area contributed by atoms with Gasteiger partial charge < -0.3 is 5.73 Å². The Hall–Kier alpha value is -0.910. The third kappa shape index (κ3) is 3.14. The maximum atomic E-state index is 10.8. The Balaban J connectivity index is 2.54. The van der Waals surface area contributed by atoms with Gasteiger partial charge in [-0.2, -0.15) is 0 Å². The molecule has 1 heterocycles. The fourth-order valence-electron chi connectivity index (χ4n) is 0.839. The quantitative estimate of drug-likeness (QED) is 0.691. The zero-order chi connectivity index (χ0) is 9.84. The van der Waals surface area contributed by atoms with Gasteiger partial charge >= 0.3 is 0 Å². The smallest absolute Gasteiger partial charge is 0.249 e. The van der Waals surface area contributed by atoms with Crippen molar-refractivity contribution in [3.63, 3.8) is 0 Å². The van der Waals surface area contributed by atoms with E-state index in [9.17, 15) is 4.79 Å². The van der Waals surface area contributed by atoms with Crippen LogP contribution < -0.4 is 11.2 Å². The van der Waals surface area contributed by atoms with Gasteiger partial charge in [-0.15, -0.1) is 11.3 Å². The van der Waals surface area contributed by atoms with E-state index >= 15 is 0 Å². The number of amides is 1. The number of carbonyl (C=O) groups is 1. The Morgan fingerprint density at radius 1 is 1.69 bits per heavy atom. The molecule has 0 radical (unpaired) electrons. The van der Waals surface area contributed by atoms with Crippen molar-refractivity contribution in [2.45, 2.75) is 6.54 Å². The molecule has 0 aliphatic rings. The highest BCUT2D eigenvalue weighted by Gasteiger charge is 2.03. The summed E-state index contributed by atoms with van der Waals surface area (Å²) in [7, 11) is 3.84. The molecule has 5 heteroatoms. The Kier molecular flexibility index (Phi) is 3.41. The largest absolute Gasteiger partial charge is 0.366 e. The van der Waals surface area contributed by atoms with Crippen LogP contribution in [0.25, 0.3) is 0 Å². The second-order valence-corrected chi connectivity index (χ2v) is 3.89. The summed E-state index contributed by atoms with van der Waals surface area (Å²) < 4.78 is 0. The fraction of sp³-hybridized carbons (Fsp3) is 0.375. The number of nitrogens with zero attached hydrogens (tertiary/aromatic N) is 1. The Labute approximate surface area is 81.3 Å². The SMILES string of the molecule is CN(C)NCc1cc(C(N)=O)cs1. The maximum Gasteiger partial charge on any atom is 0.249 e. The minimum absolute atomic E-state index is 0.368. The predicted molar refractivity (Wildman–Crippen MR) is 53.4 cm³/mol. The van der Waals surface area contributed by atoms with Crippen LogP contribution >= 0.6 is 11.3 Å². The van der Waals surface area contributed by atoms with Gasteiger partial charge in [-0.05, 0) is 6.07 Å². The fourth-order valence-corrected chi connectivity index (χ4v) is 1.64. The van der Waals surface area contributed by atoms with E-state index in [0.29, 0.717) is 5.56 Å². The van der Waals surface area contributed by atoms with Crippen LogP contribution in [0.1, 0.15) is 15.2 Å².